The second-order valence-corrected chi connectivity index (χ2v) is 9.16. The standard InChI is InChI=1S/C23H23N3O3S/c1-17-5-9-19(10-6-17)25-30(28,29)22-13-7-18(8-14-22)23(27)26(21-11-12-21)16-20-4-2-3-15-24-20/h2-10,13-15,21,25H,11-12,16H2,1H3. The first-order chi connectivity index (χ1) is 14.4. The number of pyridine rings is 1. The lowest BCUT2D eigenvalue weighted by molar-refractivity contribution is 0.0727. The highest BCUT2D eigenvalue weighted by Crippen LogP contribution is 2.30. The SMILES string of the molecule is Cc1ccc(NS(=O)(=O)c2ccc(C(=O)N(Cc3ccccn3)C3CC3)cc2)cc1. The number of aromatic nitrogens is 1. The second-order valence-electron chi connectivity index (χ2n) is 7.48. The molecule has 154 valence electrons. The van der Waals surface area contributed by atoms with E-state index in [1.807, 2.05) is 42.2 Å². The molecular formula is C23H23N3O3S. The Bertz CT molecular complexity index is 1120. The van der Waals surface area contributed by atoms with Crippen LogP contribution in [0.5, 0.6) is 0 Å². The zero-order chi connectivity index (χ0) is 21.1. The molecule has 1 aliphatic carbocycles. The van der Waals surface area contributed by atoms with E-state index in [-0.39, 0.29) is 16.8 Å². The quantitative estimate of drug-likeness (QED) is 0.625. The molecule has 0 unspecified atom stereocenters. The van der Waals surface area contributed by atoms with Gasteiger partial charge in [-0.05, 0) is 68.3 Å². The Morgan fingerprint density at radius 3 is 2.33 bits per heavy atom. The van der Waals surface area contributed by atoms with Gasteiger partial charge in [0.25, 0.3) is 15.9 Å². The Balaban J connectivity index is 1.50. The number of benzene rings is 2. The van der Waals surface area contributed by atoms with Crippen molar-refractivity contribution in [2.45, 2.75) is 37.2 Å². The average Bonchev–Trinajstić information content (AvgIpc) is 3.59. The van der Waals surface area contributed by atoms with E-state index >= 15 is 0 Å². The van der Waals surface area contributed by atoms with E-state index < -0.39 is 10.0 Å². The fourth-order valence-electron chi connectivity index (χ4n) is 3.20. The molecular weight excluding hydrogens is 398 g/mol. The summed E-state index contributed by atoms with van der Waals surface area (Å²) in [5.41, 5.74) is 2.84. The third-order valence-corrected chi connectivity index (χ3v) is 6.42. The van der Waals surface area contributed by atoms with Crippen LogP contribution in [0.1, 0.15) is 34.5 Å². The van der Waals surface area contributed by atoms with Crippen molar-refractivity contribution in [3.63, 3.8) is 0 Å². The summed E-state index contributed by atoms with van der Waals surface area (Å²) in [5.74, 6) is -0.112. The summed E-state index contributed by atoms with van der Waals surface area (Å²) in [6.07, 6.45) is 3.67. The van der Waals surface area contributed by atoms with Crippen LogP contribution in [0.25, 0.3) is 0 Å². The fraction of sp³-hybridized carbons (Fsp3) is 0.217. The molecule has 1 aromatic heterocycles. The van der Waals surface area contributed by atoms with Crippen molar-refractivity contribution >= 4 is 21.6 Å². The molecule has 0 radical (unpaired) electrons. The maximum atomic E-state index is 13.0. The zero-order valence-corrected chi connectivity index (χ0v) is 17.5. The molecule has 1 aliphatic rings. The van der Waals surface area contributed by atoms with Gasteiger partial charge in [0, 0.05) is 23.5 Å². The summed E-state index contributed by atoms with van der Waals surface area (Å²) >= 11 is 0. The molecule has 0 atom stereocenters. The molecule has 3 aromatic rings. The van der Waals surface area contributed by atoms with Crippen molar-refractivity contribution in [2.24, 2.45) is 0 Å². The van der Waals surface area contributed by atoms with Crippen molar-refractivity contribution < 1.29 is 13.2 Å². The van der Waals surface area contributed by atoms with Crippen molar-refractivity contribution in [1.82, 2.24) is 9.88 Å². The van der Waals surface area contributed by atoms with E-state index in [1.165, 1.54) is 12.1 Å². The fourth-order valence-corrected chi connectivity index (χ4v) is 4.26. The second kappa shape index (κ2) is 8.28. The van der Waals surface area contributed by atoms with Gasteiger partial charge in [0.05, 0.1) is 17.1 Å². The van der Waals surface area contributed by atoms with Gasteiger partial charge in [-0.1, -0.05) is 23.8 Å². The summed E-state index contributed by atoms with van der Waals surface area (Å²) in [5, 5.41) is 0. The monoisotopic (exact) mass is 421 g/mol. The maximum absolute atomic E-state index is 13.0. The molecule has 0 aliphatic heterocycles. The lowest BCUT2D eigenvalue weighted by Crippen LogP contribution is -2.32. The predicted octanol–water partition coefficient (Wildman–Crippen LogP) is 4.00. The van der Waals surface area contributed by atoms with E-state index in [4.69, 9.17) is 0 Å². The van der Waals surface area contributed by atoms with Crippen molar-refractivity contribution in [3.8, 4) is 0 Å². The summed E-state index contributed by atoms with van der Waals surface area (Å²) in [6.45, 7) is 2.38. The number of hydrogen-bond acceptors (Lipinski definition) is 4. The van der Waals surface area contributed by atoms with E-state index in [9.17, 15) is 13.2 Å². The third-order valence-electron chi connectivity index (χ3n) is 5.02. The number of sulfonamides is 1. The Morgan fingerprint density at radius 2 is 1.73 bits per heavy atom. The highest BCUT2D eigenvalue weighted by Gasteiger charge is 2.33. The lowest BCUT2D eigenvalue weighted by Gasteiger charge is -2.22. The number of nitrogens with one attached hydrogen (secondary N) is 1. The lowest BCUT2D eigenvalue weighted by atomic mass is 10.2. The Hall–Kier alpha value is -3.19. The van der Waals surface area contributed by atoms with Crippen LogP contribution in [0.4, 0.5) is 5.69 Å². The van der Waals surface area contributed by atoms with Gasteiger partial charge in [-0.2, -0.15) is 0 Å². The molecule has 1 saturated carbocycles. The predicted molar refractivity (Wildman–Crippen MR) is 116 cm³/mol. The summed E-state index contributed by atoms with van der Waals surface area (Å²) in [6, 6.07) is 19.0. The maximum Gasteiger partial charge on any atom is 0.261 e. The molecule has 0 bridgehead atoms. The Labute approximate surface area is 176 Å². The van der Waals surface area contributed by atoms with Crippen LogP contribution in [0, 0.1) is 6.92 Å². The van der Waals surface area contributed by atoms with Gasteiger partial charge in [0.15, 0.2) is 0 Å². The Kier molecular flexibility index (Phi) is 5.55. The first-order valence-corrected chi connectivity index (χ1v) is 11.3. The molecule has 1 amide bonds. The van der Waals surface area contributed by atoms with Gasteiger partial charge < -0.3 is 4.90 Å². The van der Waals surface area contributed by atoms with Gasteiger partial charge in [0.1, 0.15) is 0 Å². The van der Waals surface area contributed by atoms with Crippen molar-refractivity contribution in [1.29, 1.82) is 0 Å². The summed E-state index contributed by atoms with van der Waals surface area (Å²) in [7, 11) is -3.73. The van der Waals surface area contributed by atoms with Gasteiger partial charge in [-0.25, -0.2) is 8.42 Å². The van der Waals surface area contributed by atoms with Crippen molar-refractivity contribution in [3.05, 3.63) is 89.7 Å². The first kappa shape index (κ1) is 20.1. The molecule has 2 aromatic carbocycles. The normalized spacial score (nSPS) is 13.6. The molecule has 1 heterocycles. The van der Waals surface area contributed by atoms with E-state index in [1.54, 1.807) is 30.5 Å². The van der Waals surface area contributed by atoms with Gasteiger partial charge in [-0.3, -0.25) is 14.5 Å². The number of aryl methyl sites for hydroxylation is 1. The first-order valence-electron chi connectivity index (χ1n) is 9.83. The van der Waals surface area contributed by atoms with E-state index in [2.05, 4.69) is 9.71 Å². The minimum Gasteiger partial charge on any atom is -0.330 e. The molecule has 1 N–H and O–H groups in total. The topological polar surface area (TPSA) is 79.4 Å². The van der Waals surface area contributed by atoms with E-state index in [0.717, 1.165) is 24.1 Å². The molecule has 1 fully saturated rings. The largest absolute Gasteiger partial charge is 0.330 e. The number of amides is 1. The van der Waals surface area contributed by atoms with Crippen molar-refractivity contribution in [2.75, 3.05) is 4.72 Å². The number of hydrogen-bond donors (Lipinski definition) is 1. The molecule has 0 saturated heterocycles. The van der Waals surface area contributed by atoms with Crippen LogP contribution in [0.15, 0.2) is 77.8 Å². The van der Waals surface area contributed by atoms with Crippen LogP contribution in [0.2, 0.25) is 0 Å². The number of nitrogens with zero attached hydrogens (tertiary/aromatic N) is 2. The van der Waals surface area contributed by atoms with Crippen LogP contribution in [-0.4, -0.2) is 30.3 Å². The van der Waals surface area contributed by atoms with Gasteiger partial charge >= 0.3 is 0 Å². The number of carbonyl (C=O) groups excluding carboxylic acids is 1. The molecule has 6 nitrogen and oxygen atoms in total. The minimum atomic E-state index is -3.73. The third kappa shape index (κ3) is 4.68. The average molecular weight is 422 g/mol. The highest BCUT2D eigenvalue weighted by atomic mass is 32.2. The molecule has 0 spiro atoms. The number of carbonyl (C=O) groups is 1. The zero-order valence-electron chi connectivity index (χ0n) is 16.7. The summed E-state index contributed by atoms with van der Waals surface area (Å²) < 4.78 is 27.9. The minimum absolute atomic E-state index is 0.112. The van der Waals surface area contributed by atoms with Crippen LogP contribution >= 0.6 is 0 Å². The van der Waals surface area contributed by atoms with Gasteiger partial charge in [0.2, 0.25) is 0 Å². The molecule has 4 rings (SSSR count). The smallest absolute Gasteiger partial charge is 0.261 e. The molecule has 7 heteroatoms. The van der Waals surface area contributed by atoms with Crippen LogP contribution < -0.4 is 4.72 Å². The van der Waals surface area contributed by atoms with Crippen LogP contribution in [-0.2, 0) is 16.6 Å². The highest BCUT2D eigenvalue weighted by molar-refractivity contribution is 7.92. The summed E-state index contributed by atoms with van der Waals surface area (Å²) in [4.78, 5) is 19.3. The Morgan fingerprint density at radius 1 is 1.03 bits per heavy atom. The molecule has 30 heavy (non-hydrogen) atoms. The van der Waals surface area contributed by atoms with E-state index in [0.29, 0.717) is 17.8 Å². The van der Waals surface area contributed by atoms with Crippen LogP contribution in [0.3, 0.4) is 0 Å². The number of anilines is 1. The number of rotatable bonds is 7. The van der Waals surface area contributed by atoms with Gasteiger partial charge in [-0.15, -0.1) is 0 Å².